The first kappa shape index (κ1) is 15.7. The van der Waals surface area contributed by atoms with Crippen LogP contribution in [0.2, 0.25) is 0 Å². The molecule has 0 spiro atoms. The number of hydrogen-bond donors (Lipinski definition) is 2. The molecule has 0 atom stereocenters. The van der Waals surface area contributed by atoms with Gasteiger partial charge >= 0.3 is 0 Å². The number of pyridine rings is 1. The molecule has 0 amide bonds. The van der Waals surface area contributed by atoms with Gasteiger partial charge in [0.2, 0.25) is 0 Å². The molecular formula is C15H16F2N2OS. The van der Waals surface area contributed by atoms with E-state index >= 15 is 0 Å². The van der Waals surface area contributed by atoms with Gasteiger partial charge in [-0.25, -0.2) is 13.8 Å². The van der Waals surface area contributed by atoms with Crippen molar-refractivity contribution in [2.75, 3.05) is 17.7 Å². The number of aliphatic hydroxyl groups excluding tert-OH is 1. The van der Waals surface area contributed by atoms with Gasteiger partial charge in [0.15, 0.2) is 0 Å². The highest BCUT2D eigenvalue weighted by Gasteiger charge is 2.04. The Kier molecular flexibility index (Phi) is 5.95. The second kappa shape index (κ2) is 7.95. The summed E-state index contributed by atoms with van der Waals surface area (Å²) in [4.78, 5) is 4.15. The summed E-state index contributed by atoms with van der Waals surface area (Å²) < 4.78 is 26.6. The molecule has 2 rings (SSSR count). The molecule has 0 radical (unpaired) electrons. The van der Waals surface area contributed by atoms with Gasteiger partial charge in [-0.2, -0.15) is 11.8 Å². The standard InChI is InChI=1S/C15H16F2N2OS/c16-13-1-2-14(17)12(8-13)9-19-15-7-11(3-4-18-15)10-21-6-5-20/h1-4,7-8,20H,5-6,9-10H2,(H,18,19). The van der Waals surface area contributed by atoms with Gasteiger partial charge in [-0.15, -0.1) is 0 Å². The number of benzene rings is 1. The van der Waals surface area contributed by atoms with Gasteiger partial charge in [0.25, 0.3) is 0 Å². The van der Waals surface area contributed by atoms with Crippen molar-refractivity contribution in [3.05, 3.63) is 59.3 Å². The van der Waals surface area contributed by atoms with E-state index in [9.17, 15) is 8.78 Å². The Morgan fingerprint density at radius 1 is 1.19 bits per heavy atom. The van der Waals surface area contributed by atoms with Crippen LogP contribution in [0.3, 0.4) is 0 Å². The number of thioether (sulfide) groups is 1. The maximum Gasteiger partial charge on any atom is 0.128 e. The first-order valence-electron chi connectivity index (χ1n) is 6.50. The molecule has 1 heterocycles. The number of halogens is 2. The van der Waals surface area contributed by atoms with Crippen LogP contribution in [0.25, 0.3) is 0 Å². The SMILES string of the molecule is OCCSCc1ccnc(NCc2cc(F)ccc2F)c1. The highest BCUT2D eigenvalue weighted by Crippen LogP contribution is 2.16. The number of aromatic nitrogens is 1. The molecule has 2 aromatic rings. The van der Waals surface area contributed by atoms with Gasteiger partial charge in [0.05, 0.1) is 6.61 Å². The second-order valence-corrected chi connectivity index (χ2v) is 5.52. The Balaban J connectivity index is 1.96. The molecule has 0 aliphatic heterocycles. The third-order valence-corrected chi connectivity index (χ3v) is 3.81. The Hall–Kier alpha value is -1.66. The van der Waals surface area contributed by atoms with Gasteiger partial charge in [-0.3, -0.25) is 0 Å². The zero-order chi connectivity index (χ0) is 15.1. The molecule has 0 aliphatic carbocycles. The molecule has 0 unspecified atom stereocenters. The van der Waals surface area contributed by atoms with Crippen molar-refractivity contribution < 1.29 is 13.9 Å². The van der Waals surface area contributed by atoms with Gasteiger partial charge in [-0.05, 0) is 35.9 Å². The monoisotopic (exact) mass is 310 g/mol. The number of nitrogens with one attached hydrogen (secondary N) is 1. The smallest absolute Gasteiger partial charge is 0.128 e. The van der Waals surface area contributed by atoms with E-state index in [0.29, 0.717) is 11.6 Å². The maximum atomic E-state index is 13.5. The number of hydrogen-bond acceptors (Lipinski definition) is 4. The van der Waals surface area contributed by atoms with E-state index in [4.69, 9.17) is 5.11 Å². The number of anilines is 1. The zero-order valence-electron chi connectivity index (χ0n) is 11.4. The average Bonchev–Trinajstić information content (AvgIpc) is 2.49. The molecule has 0 saturated carbocycles. The molecule has 21 heavy (non-hydrogen) atoms. The largest absolute Gasteiger partial charge is 0.396 e. The van der Waals surface area contributed by atoms with Crippen molar-refractivity contribution in [1.82, 2.24) is 4.98 Å². The van der Waals surface area contributed by atoms with Crippen LogP contribution in [-0.2, 0) is 12.3 Å². The van der Waals surface area contributed by atoms with E-state index in [1.54, 1.807) is 18.0 Å². The fraction of sp³-hybridized carbons (Fsp3) is 0.267. The average molecular weight is 310 g/mol. The predicted molar refractivity (Wildman–Crippen MR) is 81.2 cm³/mol. The van der Waals surface area contributed by atoms with Crippen molar-refractivity contribution in [3.63, 3.8) is 0 Å². The lowest BCUT2D eigenvalue weighted by Gasteiger charge is -2.08. The van der Waals surface area contributed by atoms with Crippen LogP contribution in [0.4, 0.5) is 14.6 Å². The van der Waals surface area contributed by atoms with Gasteiger partial charge < -0.3 is 10.4 Å². The van der Waals surface area contributed by atoms with Gasteiger partial charge in [0.1, 0.15) is 17.5 Å². The lowest BCUT2D eigenvalue weighted by molar-refractivity contribution is 0.322. The quantitative estimate of drug-likeness (QED) is 0.771. The molecule has 2 N–H and O–H groups in total. The minimum absolute atomic E-state index is 0.152. The highest BCUT2D eigenvalue weighted by molar-refractivity contribution is 7.98. The van der Waals surface area contributed by atoms with E-state index in [0.717, 1.165) is 23.4 Å². The number of nitrogens with zero attached hydrogens (tertiary/aromatic N) is 1. The minimum atomic E-state index is -0.463. The summed E-state index contributed by atoms with van der Waals surface area (Å²) in [5, 5.41) is 11.7. The third kappa shape index (κ3) is 4.99. The Bertz CT molecular complexity index is 596. The molecule has 0 aliphatic rings. The van der Waals surface area contributed by atoms with Gasteiger partial charge in [-0.1, -0.05) is 0 Å². The Morgan fingerprint density at radius 3 is 2.86 bits per heavy atom. The predicted octanol–water partition coefficient (Wildman–Crippen LogP) is 3.20. The summed E-state index contributed by atoms with van der Waals surface area (Å²) in [5.41, 5.74) is 1.32. The molecule has 0 saturated heterocycles. The van der Waals surface area contributed by atoms with Crippen LogP contribution in [0.5, 0.6) is 0 Å². The number of rotatable bonds is 7. The lowest BCUT2D eigenvalue weighted by atomic mass is 10.2. The molecule has 1 aromatic heterocycles. The molecule has 3 nitrogen and oxygen atoms in total. The molecule has 1 aromatic carbocycles. The summed E-state index contributed by atoms with van der Waals surface area (Å²) in [6, 6.07) is 7.13. The molecule has 6 heteroatoms. The first-order valence-corrected chi connectivity index (χ1v) is 7.66. The van der Waals surface area contributed by atoms with E-state index in [2.05, 4.69) is 10.3 Å². The van der Waals surface area contributed by atoms with E-state index in [1.807, 2.05) is 12.1 Å². The van der Waals surface area contributed by atoms with E-state index in [-0.39, 0.29) is 18.7 Å². The summed E-state index contributed by atoms with van der Waals surface area (Å²) >= 11 is 1.62. The van der Waals surface area contributed by atoms with Crippen LogP contribution >= 0.6 is 11.8 Å². The summed E-state index contributed by atoms with van der Waals surface area (Å²) in [5.74, 6) is 1.15. The fourth-order valence-corrected chi connectivity index (χ4v) is 2.47. The summed E-state index contributed by atoms with van der Waals surface area (Å²) in [7, 11) is 0. The topological polar surface area (TPSA) is 45.2 Å². The number of aliphatic hydroxyl groups is 1. The molecule has 0 fully saturated rings. The van der Waals surface area contributed by atoms with Crippen molar-refractivity contribution >= 4 is 17.6 Å². The van der Waals surface area contributed by atoms with Crippen LogP contribution in [0.15, 0.2) is 36.5 Å². The van der Waals surface area contributed by atoms with Crippen LogP contribution < -0.4 is 5.32 Å². The molecule has 112 valence electrons. The zero-order valence-corrected chi connectivity index (χ0v) is 12.2. The molecule has 0 bridgehead atoms. The van der Waals surface area contributed by atoms with Crippen LogP contribution in [0, 0.1) is 11.6 Å². The Labute approximate surface area is 126 Å². The summed E-state index contributed by atoms with van der Waals surface area (Å²) in [6.07, 6.45) is 1.67. The highest BCUT2D eigenvalue weighted by atomic mass is 32.2. The van der Waals surface area contributed by atoms with Crippen molar-refractivity contribution in [3.8, 4) is 0 Å². The lowest BCUT2D eigenvalue weighted by Crippen LogP contribution is -2.04. The van der Waals surface area contributed by atoms with Crippen molar-refractivity contribution in [2.24, 2.45) is 0 Å². The second-order valence-electron chi connectivity index (χ2n) is 4.41. The fourth-order valence-electron chi connectivity index (χ4n) is 1.78. The third-order valence-electron chi connectivity index (χ3n) is 2.80. The maximum absolute atomic E-state index is 13.5. The molecular weight excluding hydrogens is 294 g/mol. The first-order chi connectivity index (χ1) is 10.2. The van der Waals surface area contributed by atoms with Crippen molar-refractivity contribution in [1.29, 1.82) is 0 Å². The normalized spacial score (nSPS) is 10.6. The van der Waals surface area contributed by atoms with E-state index in [1.165, 1.54) is 6.07 Å². The Morgan fingerprint density at radius 2 is 2.05 bits per heavy atom. The van der Waals surface area contributed by atoms with Crippen LogP contribution in [0.1, 0.15) is 11.1 Å². The minimum Gasteiger partial charge on any atom is -0.396 e. The summed E-state index contributed by atoms with van der Waals surface area (Å²) in [6.45, 7) is 0.323. The van der Waals surface area contributed by atoms with Crippen LogP contribution in [-0.4, -0.2) is 22.5 Å². The van der Waals surface area contributed by atoms with E-state index < -0.39 is 11.6 Å². The van der Waals surface area contributed by atoms with Gasteiger partial charge in [0, 0.05) is 29.8 Å². The van der Waals surface area contributed by atoms with Crippen molar-refractivity contribution in [2.45, 2.75) is 12.3 Å².